The van der Waals surface area contributed by atoms with Gasteiger partial charge in [-0.1, -0.05) is 31.7 Å². The molecule has 0 aromatic heterocycles. The first kappa shape index (κ1) is 10.1. The lowest BCUT2D eigenvalue weighted by molar-refractivity contribution is 0.135. The van der Waals surface area contributed by atoms with Gasteiger partial charge in [-0.3, -0.25) is 0 Å². The number of fused-ring (bicyclic) bond motifs is 1. The Morgan fingerprint density at radius 1 is 1.50 bits per heavy atom. The predicted octanol–water partition coefficient (Wildman–Crippen LogP) is 2.60. The molecule has 0 bridgehead atoms. The van der Waals surface area contributed by atoms with Crippen molar-refractivity contribution in [2.24, 2.45) is 11.8 Å². The van der Waals surface area contributed by atoms with E-state index in [9.17, 15) is 0 Å². The van der Waals surface area contributed by atoms with Gasteiger partial charge in [0.05, 0.1) is 7.85 Å². The second kappa shape index (κ2) is 3.32. The molecule has 0 N–H and O–H groups in total. The molecule has 0 spiro atoms. The van der Waals surface area contributed by atoms with E-state index in [1.807, 2.05) is 0 Å². The topological polar surface area (TPSA) is 3.24 Å². The van der Waals surface area contributed by atoms with Crippen LogP contribution in [0.4, 0.5) is 0 Å². The van der Waals surface area contributed by atoms with Crippen molar-refractivity contribution in [1.82, 2.24) is 4.90 Å². The predicted molar refractivity (Wildman–Crippen MR) is 61.3 cm³/mol. The molecular formula is C12H20BN. The smallest absolute Gasteiger partial charge is 0.0742 e. The Kier molecular flexibility index (Phi) is 2.40. The molecule has 76 valence electrons. The molecule has 2 radical (unpaired) electrons. The fourth-order valence-electron chi connectivity index (χ4n) is 3.09. The Morgan fingerprint density at radius 3 is 2.93 bits per heavy atom. The highest BCUT2D eigenvalue weighted by atomic mass is 15.1. The largest absolute Gasteiger partial charge is 0.378 e. The molecule has 0 amide bonds. The highest BCUT2D eigenvalue weighted by Crippen LogP contribution is 2.50. The lowest BCUT2D eigenvalue weighted by Crippen LogP contribution is -2.40. The van der Waals surface area contributed by atoms with Gasteiger partial charge in [-0.15, -0.1) is 0 Å². The molecule has 2 rings (SSSR count). The number of piperidine rings is 1. The van der Waals surface area contributed by atoms with E-state index in [0.29, 0.717) is 5.92 Å². The lowest BCUT2D eigenvalue weighted by atomic mass is 9.55. The number of rotatable bonds is 0. The summed E-state index contributed by atoms with van der Waals surface area (Å²) < 4.78 is 0. The number of hydrogen-bond donors (Lipinski definition) is 0. The van der Waals surface area contributed by atoms with E-state index in [0.717, 1.165) is 18.9 Å². The molecule has 2 fully saturated rings. The summed E-state index contributed by atoms with van der Waals surface area (Å²) in [4.78, 5) is 2.32. The van der Waals surface area contributed by atoms with E-state index in [1.165, 1.54) is 25.0 Å². The second-order valence-electron chi connectivity index (χ2n) is 5.46. The minimum atomic E-state index is 0.0807. The average molecular weight is 189 g/mol. The fourth-order valence-corrected chi connectivity index (χ4v) is 3.09. The molecule has 0 aromatic rings. The van der Waals surface area contributed by atoms with Gasteiger partial charge in [0.15, 0.2) is 0 Å². The normalized spacial score (nSPS) is 43.6. The van der Waals surface area contributed by atoms with E-state index in [-0.39, 0.29) is 5.31 Å². The van der Waals surface area contributed by atoms with Crippen LogP contribution in [0.25, 0.3) is 0 Å². The van der Waals surface area contributed by atoms with Gasteiger partial charge in [-0.2, -0.15) is 0 Å². The minimum absolute atomic E-state index is 0.0807. The summed E-state index contributed by atoms with van der Waals surface area (Å²) in [5.74, 6) is 1.51. The molecule has 1 saturated heterocycles. The Hall–Kier alpha value is -0.395. The summed E-state index contributed by atoms with van der Waals surface area (Å²) in [6.07, 6.45) is 4.87. The van der Waals surface area contributed by atoms with Gasteiger partial charge in [0.1, 0.15) is 0 Å². The number of allylic oxidation sites excluding steroid dienone is 1. The highest BCUT2D eigenvalue weighted by Gasteiger charge is 2.38. The standard InChI is InChI=1S/C12H20BN/c1-9-11-4-6-12(2,13)8-10(11)5-7-14(9)3/h10-11H,1,4-8H2,2-3H3. The molecule has 1 aliphatic heterocycles. The first-order valence-electron chi connectivity index (χ1n) is 5.68. The Balaban J connectivity index is 2.09. The van der Waals surface area contributed by atoms with Crippen LogP contribution in [0.5, 0.6) is 0 Å². The number of likely N-dealkylation sites (tertiary alicyclic amines) is 1. The fraction of sp³-hybridized carbons (Fsp3) is 0.833. The van der Waals surface area contributed by atoms with Gasteiger partial charge in [-0.05, 0) is 18.8 Å². The molecule has 1 saturated carbocycles. The molecule has 1 nitrogen and oxygen atoms in total. The van der Waals surface area contributed by atoms with Crippen molar-refractivity contribution in [2.45, 2.75) is 37.9 Å². The SMILES string of the molecule is [B]C1(C)CCC2C(=C)N(C)CCC2C1. The lowest BCUT2D eigenvalue weighted by Gasteiger charge is -2.47. The number of hydrogen-bond acceptors (Lipinski definition) is 1. The third kappa shape index (κ3) is 1.71. The Labute approximate surface area is 89.0 Å². The summed E-state index contributed by atoms with van der Waals surface area (Å²) in [6, 6.07) is 0. The Bertz CT molecular complexity index is 247. The van der Waals surface area contributed by atoms with E-state index in [2.05, 4.69) is 25.5 Å². The molecule has 0 aromatic carbocycles. The summed E-state index contributed by atoms with van der Waals surface area (Å²) in [6.45, 7) is 7.57. The Morgan fingerprint density at radius 2 is 2.21 bits per heavy atom. The van der Waals surface area contributed by atoms with Crippen LogP contribution in [0.1, 0.15) is 32.6 Å². The highest BCUT2D eigenvalue weighted by molar-refractivity contribution is 6.14. The third-order valence-corrected chi connectivity index (χ3v) is 4.08. The van der Waals surface area contributed by atoms with Crippen molar-refractivity contribution >= 4 is 7.85 Å². The van der Waals surface area contributed by atoms with Gasteiger partial charge < -0.3 is 4.90 Å². The zero-order valence-corrected chi connectivity index (χ0v) is 9.42. The van der Waals surface area contributed by atoms with Crippen molar-refractivity contribution in [2.75, 3.05) is 13.6 Å². The van der Waals surface area contributed by atoms with Gasteiger partial charge in [0.2, 0.25) is 0 Å². The molecule has 1 heterocycles. The monoisotopic (exact) mass is 189 g/mol. The zero-order valence-electron chi connectivity index (χ0n) is 9.42. The van der Waals surface area contributed by atoms with Crippen LogP contribution in [0.15, 0.2) is 12.3 Å². The quantitative estimate of drug-likeness (QED) is 0.529. The van der Waals surface area contributed by atoms with Gasteiger partial charge >= 0.3 is 0 Å². The molecular weight excluding hydrogens is 169 g/mol. The first-order chi connectivity index (χ1) is 6.49. The van der Waals surface area contributed by atoms with Crippen LogP contribution in [-0.4, -0.2) is 26.3 Å². The number of nitrogens with zero attached hydrogens (tertiary/aromatic N) is 1. The van der Waals surface area contributed by atoms with Crippen LogP contribution in [0.3, 0.4) is 0 Å². The maximum Gasteiger partial charge on any atom is 0.0742 e. The molecule has 2 heteroatoms. The van der Waals surface area contributed by atoms with E-state index in [1.54, 1.807) is 0 Å². The van der Waals surface area contributed by atoms with Crippen molar-refractivity contribution in [3.8, 4) is 0 Å². The molecule has 3 unspecified atom stereocenters. The molecule has 14 heavy (non-hydrogen) atoms. The van der Waals surface area contributed by atoms with Crippen LogP contribution in [0.2, 0.25) is 5.31 Å². The maximum absolute atomic E-state index is 6.22. The van der Waals surface area contributed by atoms with Crippen LogP contribution >= 0.6 is 0 Å². The van der Waals surface area contributed by atoms with Crippen molar-refractivity contribution < 1.29 is 0 Å². The van der Waals surface area contributed by atoms with E-state index < -0.39 is 0 Å². The van der Waals surface area contributed by atoms with E-state index in [4.69, 9.17) is 7.85 Å². The zero-order chi connectivity index (χ0) is 10.3. The van der Waals surface area contributed by atoms with E-state index >= 15 is 0 Å². The van der Waals surface area contributed by atoms with Crippen LogP contribution in [-0.2, 0) is 0 Å². The van der Waals surface area contributed by atoms with Crippen molar-refractivity contribution in [1.29, 1.82) is 0 Å². The van der Waals surface area contributed by atoms with Gasteiger partial charge in [-0.25, -0.2) is 0 Å². The maximum atomic E-state index is 6.22. The van der Waals surface area contributed by atoms with Gasteiger partial charge in [0.25, 0.3) is 0 Å². The second-order valence-corrected chi connectivity index (χ2v) is 5.46. The third-order valence-electron chi connectivity index (χ3n) is 4.08. The molecule has 1 aliphatic carbocycles. The van der Waals surface area contributed by atoms with Crippen LogP contribution < -0.4 is 0 Å². The summed E-state index contributed by atoms with van der Waals surface area (Å²) >= 11 is 0. The van der Waals surface area contributed by atoms with Crippen LogP contribution in [0, 0.1) is 11.8 Å². The van der Waals surface area contributed by atoms with Crippen molar-refractivity contribution in [3.63, 3.8) is 0 Å². The van der Waals surface area contributed by atoms with Gasteiger partial charge in [0, 0.05) is 25.2 Å². The summed E-state index contributed by atoms with van der Waals surface area (Å²) in [5.41, 5.74) is 1.34. The summed E-state index contributed by atoms with van der Waals surface area (Å²) in [5, 5.41) is 0.0807. The molecule has 2 aliphatic rings. The first-order valence-corrected chi connectivity index (χ1v) is 5.68. The minimum Gasteiger partial charge on any atom is -0.378 e. The van der Waals surface area contributed by atoms with Crippen molar-refractivity contribution in [3.05, 3.63) is 12.3 Å². The summed E-state index contributed by atoms with van der Waals surface area (Å²) in [7, 11) is 8.38. The average Bonchev–Trinajstić information content (AvgIpc) is 2.10. The molecule has 3 atom stereocenters.